The molecule has 0 aliphatic carbocycles. The van der Waals surface area contributed by atoms with E-state index >= 15 is 0 Å². The monoisotopic (exact) mass is 508 g/mol. The first-order chi connectivity index (χ1) is 16.1. The molecule has 2 heterocycles. The van der Waals surface area contributed by atoms with Gasteiger partial charge in [-0.05, 0) is 48.7 Å². The fourth-order valence-corrected chi connectivity index (χ4v) is 4.93. The van der Waals surface area contributed by atoms with E-state index in [2.05, 4.69) is 4.74 Å². The number of carbonyl (C=O) groups excluding carboxylic acids is 2. The Kier molecular flexibility index (Phi) is 6.96. The second kappa shape index (κ2) is 9.77. The van der Waals surface area contributed by atoms with Crippen molar-refractivity contribution in [3.63, 3.8) is 0 Å². The second-order valence-electron chi connectivity index (χ2n) is 7.71. The highest BCUT2D eigenvalue weighted by molar-refractivity contribution is 8.27. The first-order valence-corrected chi connectivity index (χ1v) is 11.5. The minimum absolute atomic E-state index is 0.120. The molecule has 2 aliphatic rings. The molecular weight excluding hydrogens is 489 g/mol. The number of halogens is 3. The number of amides is 2. The smallest absolute Gasteiger partial charge is 0.406 e. The minimum atomic E-state index is -4.85. The number of piperidine rings is 1. The number of ether oxygens (including phenoxy) is 1. The molecule has 2 aliphatic heterocycles. The van der Waals surface area contributed by atoms with E-state index in [1.807, 2.05) is 0 Å². The van der Waals surface area contributed by atoms with E-state index in [0.717, 1.165) is 28.8 Å². The predicted octanol–water partition coefficient (Wildman–Crippen LogP) is 4.59. The molecule has 2 amide bonds. The van der Waals surface area contributed by atoms with Crippen molar-refractivity contribution in [2.24, 2.45) is 0 Å². The summed E-state index contributed by atoms with van der Waals surface area (Å²) in [5, 5.41) is 9.60. The Morgan fingerprint density at radius 3 is 2.47 bits per heavy atom. The molecule has 0 bridgehead atoms. The summed E-state index contributed by atoms with van der Waals surface area (Å²) in [7, 11) is 0. The van der Waals surface area contributed by atoms with E-state index in [4.69, 9.17) is 12.2 Å². The van der Waals surface area contributed by atoms with E-state index in [0.29, 0.717) is 42.0 Å². The molecule has 6 nitrogen and oxygen atoms in total. The number of likely N-dealkylation sites (tertiary alicyclic amines) is 1. The summed E-state index contributed by atoms with van der Waals surface area (Å²) in [6, 6.07) is 11.8. The number of rotatable bonds is 4. The Balaban J connectivity index is 1.48. The largest absolute Gasteiger partial charge is 0.573 e. The molecule has 2 fully saturated rings. The quantitative estimate of drug-likeness (QED) is 0.482. The number of hydrogen-bond donors (Lipinski definition) is 1. The summed E-state index contributed by atoms with van der Waals surface area (Å²) < 4.78 is 41.7. The van der Waals surface area contributed by atoms with Gasteiger partial charge in [0.1, 0.15) is 5.75 Å². The average molecular weight is 509 g/mol. The van der Waals surface area contributed by atoms with Crippen molar-refractivity contribution in [3.8, 4) is 5.75 Å². The van der Waals surface area contributed by atoms with Crippen molar-refractivity contribution < 1.29 is 32.6 Å². The lowest BCUT2D eigenvalue weighted by Crippen LogP contribution is -2.40. The lowest BCUT2D eigenvalue weighted by atomic mass is 10.1. The highest BCUT2D eigenvalue weighted by atomic mass is 32.2. The van der Waals surface area contributed by atoms with Gasteiger partial charge in [0, 0.05) is 24.7 Å². The van der Waals surface area contributed by atoms with E-state index < -0.39 is 18.0 Å². The van der Waals surface area contributed by atoms with Crippen LogP contribution in [0, 0.1) is 0 Å². The fraction of sp³-hybridized carbons (Fsp3) is 0.261. The predicted molar refractivity (Wildman–Crippen MR) is 126 cm³/mol. The van der Waals surface area contributed by atoms with Gasteiger partial charge in [-0.15, -0.1) is 13.2 Å². The van der Waals surface area contributed by atoms with Crippen molar-refractivity contribution in [2.45, 2.75) is 25.3 Å². The van der Waals surface area contributed by atoms with E-state index in [9.17, 15) is 27.9 Å². The Morgan fingerprint density at radius 1 is 1.15 bits per heavy atom. The SMILES string of the molecule is O=C(c1ccc(/C=C2\SC(=S)N(c3cccc(OC(F)(F)F)c3)C2=O)cc1)N1CCC(O)CC1. The van der Waals surface area contributed by atoms with Crippen LogP contribution in [0.5, 0.6) is 5.75 Å². The third-order valence-electron chi connectivity index (χ3n) is 5.31. The average Bonchev–Trinajstić information content (AvgIpc) is 3.06. The van der Waals surface area contributed by atoms with Gasteiger partial charge < -0.3 is 14.7 Å². The first kappa shape index (κ1) is 24.2. The Bertz CT molecular complexity index is 1140. The number of benzene rings is 2. The van der Waals surface area contributed by atoms with Crippen LogP contribution >= 0.6 is 24.0 Å². The summed E-state index contributed by atoms with van der Waals surface area (Å²) in [5.41, 5.74) is 1.34. The number of anilines is 1. The van der Waals surface area contributed by atoms with E-state index in [1.165, 1.54) is 12.1 Å². The molecule has 0 unspecified atom stereocenters. The molecule has 0 saturated carbocycles. The Morgan fingerprint density at radius 2 is 1.82 bits per heavy atom. The lowest BCUT2D eigenvalue weighted by molar-refractivity contribution is -0.274. The van der Waals surface area contributed by atoms with Crippen LogP contribution in [-0.2, 0) is 4.79 Å². The summed E-state index contributed by atoms with van der Waals surface area (Å²) in [4.78, 5) is 28.7. The van der Waals surface area contributed by atoms with Crippen LogP contribution in [0.4, 0.5) is 18.9 Å². The van der Waals surface area contributed by atoms with Gasteiger partial charge >= 0.3 is 6.36 Å². The number of alkyl halides is 3. The highest BCUT2D eigenvalue weighted by Gasteiger charge is 2.35. The summed E-state index contributed by atoms with van der Waals surface area (Å²) in [5.74, 6) is -1.04. The van der Waals surface area contributed by atoms with Crippen molar-refractivity contribution >= 4 is 51.9 Å². The summed E-state index contributed by atoms with van der Waals surface area (Å²) >= 11 is 6.31. The van der Waals surface area contributed by atoms with Crippen LogP contribution in [0.15, 0.2) is 53.4 Å². The van der Waals surface area contributed by atoms with Gasteiger partial charge in [0.25, 0.3) is 11.8 Å². The fourth-order valence-electron chi connectivity index (χ4n) is 3.63. The zero-order chi connectivity index (χ0) is 24.5. The molecule has 0 radical (unpaired) electrons. The number of carbonyl (C=O) groups is 2. The summed E-state index contributed by atoms with van der Waals surface area (Å²) in [6.07, 6.45) is -2.50. The zero-order valence-corrected chi connectivity index (χ0v) is 19.3. The van der Waals surface area contributed by atoms with Gasteiger partial charge in [-0.1, -0.05) is 42.2 Å². The maximum atomic E-state index is 12.9. The van der Waals surface area contributed by atoms with Crippen molar-refractivity contribution in [2.75, 3.05) is 18.0 Å². The molecular formula is C23H19F3N2O4S2. The third-order valence-corrected chi connectivity index (χ3v) is 6.61. The van der Waals surface area contributed by atoms with Crippen molar-refractivity contribution in [1.29, 1.82) is 0 Å². The number of aliphatic hydroxyl groups is 1. The van der Waals surface area contributed by atoms with Gasteiger partial charge in [0.15, 0.2) is 4.32 Å². The molecule has 178 valence electrons. The normalized spacial score (nSPS) is 18.6. The van der Waals surface area contributed by atoms with Crippen LogP contribution in [0.2, 0.25) is 0 Å². The first-order valence-electron chi connectivity index (χ1n) is 10.3. The topological polar surface area (TPSA) is 70.1 Å². The van der Waals surface area contributed by atoms with Gasteiger partial charge in [0.05, 0.1) is 16.7 Å². The van der Waals surface area contributed by atoms with Crippen LogP contribution in [0.25, 0.3) is 6.08 Å². The van der Waals surface area contributed by atoms with Crippen molar-refractivity contribution in [1.82, 2.24) is 4.90 Å². The third kappa shape index (κ3) is 5.60. The van der Waals surface area contributed by atoms with Gasteiger partial charge in [-0.25, -0.2) is 0 Å². The van der Waals surface area contributed by atoms with Crippen LogP contribution in [0.1, 0.15) is 28.8 Å². The van der Waals surface area contributed by atoms with Crippen LogP contribution in [-0.4, -0.2) is 51.7 Å². The molecule has 1 N–H and O–H groups in total. The van der Waals surface area contributed by atoms with Gasteiger partial charge in [0.2, 0.25) is 0 Å². The zero-order valence-electron chi connectivity index (χ0n) is 17.6. The van der Waals surface area contributed by atoms with Crippen LogP contribution < -0.4 is 9.64 Å². The van der Waals surface area contributed by atoms with Crippen LogP contribution in [0.3, 0.4) is 0 Å². The molecule has 34 heavy (non-hydrogen) atoms. The molecule has 2 aromatic rings. The number of hydrogen-bond acceptors (Lipinski definition) is 6. The van der Waals surface area contributed by atoms with E-state index in [1.54, 1.807) is 35.2 Å². The number of thioether (sulfide) groups is 1. The Hall–Kier alpha value is -2.89. The minimum Gasteiger partial charge on any atom is -0.406 e. The number of nitrogens with zero attached hydrogens (tertiary/aromatic N) is 2. The molecule has 11 heteroatoms. The van der Waals surface area contributed by atoms with Crippen molar-refractivity contribution in [3.05, 3.63) is 64.6 Å². The number of aliphatic hydroxyl groups excluding tert-OH is 1. The van der Waals surface area contributed by atoms with E-state index in [-0.39, 0.29) is 22.0 Å². The summed E-state index contributed by atoms with van der Waals surface area (Å²) in [6.45, 7) is 0.999. The molecule has 0 spiro atoms. The van der Waals surface area contributed by atoms with Gasteiger partial charge in [-0.2, -0.15) is 0 Å². The second-order valence-corrected chi connectivity index (χ2v) is 9.38. The molecule has 0 aromatic heterocycles. The molecule has 0 atom stereocenters. The standard InChI is InChI=1S/C23H19F3N2O4S2/c24-23(25,26)32-18-3-1-2-16(13-18)28-21(31)19(34-22(28)33)12-14-4-6-15(7-5-14)20(30)27-10-8-17(29)9-11-27/h1-7,12-13,17,29H,8-11H2/b19-12-. The maximum absolute atomic E-state index is 12.9. The number of thiocarbonyl (C=S) groups is 1. The Labute approximate surface area is 203 Å². The van der Waals surface area contributed by atoms with Gasteiger partial charge in [-0.3, -0.25) is 14.5 Å². The molecule has 2 aromatic carbocycles. The highest BCUT2D eigenvalue weighted by Crippen LogP contribution is 2.37. The molecule has 4 rings (SSSR count). The lowest BCUT2D eigenvalue weighted by Gasteiger charge is -2.29. The molecule has 2 saturated heterocycles. The maximum Gasteiger partial charge on any atom is 0.573 e.